The monoisotopic (exact) mass is 362 g/mol. The molecular weight excluding hydrogens is 332 g/mol. The quantitative estimate of drug-likeness (QED) is 0.691. The van der Waals surface area contributed by atoms with Crippen molar-refractivity contribution in [2.75, 3.05) is 18.5 Å². The number of hydrogen-bond donors (Lipinski definition) is 3. The van der Waals surface area contributed by atoms with E-state index in [1.54, 1.807) is 0 Å². The van der Waals surface area contributed by atoms with E-state index in [2.05, 4.69) is 22.2 Å². The first kappa shape index (κ1) is 19.0. The number of carbonyl (C=O) groups is 1. The minimum Gasteiger partial charge on any atom is -0.393 e. The SMILES string of the molecule is CC1(Nc2ncc(C(N)=O)c(C[C@@H]3CCCC[C@H](O)C3)n2)CCOCC1. The number of rotatable bonds is 5. The highest BCUT2D eigenvalue weighted by atomic mass is 16.5. The Bertz CT molecular complexity index is 631. The molecule has 26 heavy (non-hydrogen) atoms. The first-order valence-electron chi connectivity index (χ1n) is 9.65. The smallest absolute Gasteiger partial charge is 0.252 e. The number of ether oxygens (including phenoxy) is 1. The summed E-state index contributed by atoms with van der Waals surface area (Å²) in [6.45, 7) is 3.58. The molecule has 2 aliphatic rings. The molecule has 2 heterocycles. The molecule has 1 saturated heterocycles. The molecule has 4 N–H and O–H groups in total. The van der Waals surface area contributed by atoms with Crippen LogP contribution in [0.1, 0.15) is 67.9 Å². The summed E-state index contributed by atoms with van der Waals surface area (Å²) in [4.78, 5) is 20.8. The van der Waals surface area contributed by atoms with Crippen molar-refractivity contribution in [1.82, 2.24) is 9.97 Å². The third-order valence-electron chi connectivity index (χ3n) is 5.63. The summed E-state index contributed by atoms with van der Waals surface area (Å²) in [5.74, 6) is 0.341. The van der Waals surface area contributed by atoms with Crippen LogP contribution in [0.2, 0.25) is 0 Å². The molecule has 0 unspecified atom stereocenters. The molecule has 0 radical (unpaired) electrons. The van der Waals surface area contributed by atoms with Gasteiger partial charge in [0.15, 0.2) is 0 Å². The van der Waals surface area contributed by atoms with E-state index in [4.69, 9.17) is 10.5 Å². The number of aliphatic hydroxyl groups excluding tert-OH is 1. The molecule has 2 fully saturated rings. The number of aliphatic hydroxyl groups is 1. The summed E-state index contributed by atoms with van der Waals surface area (Å²) in [6, 6.07) is 0. The van der Waals surface area contributed by atoms with Crippen LogP contribution in [0, 0.1) is 5.92 Å². The summed E-state index contributed by atoms with van der Waals surface area (Å²) in [6.07, 6.45) is 8.48. The fraction of sp³-hybridized carbons (Fsp3) is 0.737. The number of anilines is 1. The van der Waals surface area contributed by atoms with Crippen molar-refractivity contribution in [1.29, 1.82) is 0 Å². The molecule has 1 aliphatic heterocycles. The molecule has 7 heteroatoms. The number of carbonyl (C=O) groups excluding carboxylic acids is 1. The molecule has 0 aromatic carbocycles. The van der Waals surface area contributed by atoms with Crippen molar-refractivity contribution in [3.63, 3.8) is 0 Å². The molecule has 1 saturated carbocycles. The summed E-state index contributed by atoms with van der Waals surface area (Å²) in [5, 5.41) is 13.5. The van der Waals surface area contributed by atoms with E-state index in [-0.39, 0.29) is 11.6 Å². The molecule has 1 aromatic heterocycles. The Hall–Kier alpha value is -1.73. The van der Waals surface area contributed by atoms with Gasteiger partial charge in [-0.25, -0.2) is 9.97 Å². The normalized spacial score (nSPS) is 26.1. The van der Waals surface area contributed by atoms with E-state index in [1.807, 2.05) is 0 Å². The fourth-order valence-electron chi connectivity index (χ4n) is 3.95. The molecule has 7 nitrogen and oxygen atoms in total. The number of nitrogens with zero attached hydrogens (tertiary/aromatic N) is 2. The largest absolute Gasteiger partial charge is 0.393 e. The number of nitrogens with two attached hydrogens (primary N) is 1. The maximum Gasteiger partial charge on any atom is 0.252 e. The van der Waals surface area contributed by atoms with E-state index >= 15 is 0 Å². The second-order valence-electron chi connectivity index (χ2n) is 7.96. The predicted octanol–water partition coefficient (Wildman–Crippen LogP) is 2.04. The number of hydrogen-bond acceptors (Lipinski definition) is 6. The first-order valence-corrected chi connectivity index (χ1v) is 9.65. The summed E-state index contributed by atoms with van der Waals surface area (Å²) >= 11 is 0. The van der Waals surface area contributed by atoms with Crippen LogP contribution in [0.25, 0.3) is 0 Å². The van der Waals surface area contributed by atoms with Gasteiger partial charge in [0.25, 0.3) is 5.91 Å². The second kappa shape index (κ2) is 8.31. The van der Waals surface area contributed by atoms with Crippen LogP contribution in [0.5, 0.6) is 0 Å². The minimum absolute atomic E-state index is 0.109. The Labute approximate surface area is 154 Å². The third kappa shape index (κ3) is 4.92. The third-order valence-corrected chi connectivity index (χ3v) is 5.63. The van der Waals surface area contributed by atoms with E-state index in [0.29, 0.717) is 29.5 Å². The average molecular weight is 362 g/mol. The van der Waals surface area contributed by atoms with Crippen molar-refractivity contribution in [2.45, 2.75) is 69.9 Å². The molecule has 144 valence electrons. The van der Waals surface area contributed by atoms with Gasteiger partial charge in [0.1, 0.15) is 0 Å². The van der Waals surface area contributed by atoms with Crippen molar-refractivity contribution >= 4 is 11.9 Å². The zero-order valence-electron chi connectivity index (χ0n) is 15.5. The van der Waals surface area contributed by atoms with Gasteiger partial charge in [-0.3, -0.25) is 4.79 Å². The van der Waals surface area contributed by atoms with E-state index < -0.39 is 5.91 Å². The van der Waals surface area contributed by atoms with Gasteiger partial charge in [-0.2, -0.15) is 0 Å². The van der Waals surface area contributed by atoms with E-state index in [0.717, 1.165) is 58.2 Å². The highest BCUT2D eigenvalue weighted by molar-refractivity contribution is 5.93. The van der Waals surface area contributed by atoms with Crippen molar-refractivity contribution < 1.29 is 14.6 Å². The Balaban J connectivity index is 1.78. The fourth-order valence-corrected chi connectivity index (χ4v) is 3.95. The number of amides is 1. The standard InChI is InChI=1S/C19H30N4O3/c1-19(6-8-26-9-7-19)23-18-21-12-15(17(20)25)16(22-18)11-13-4-2-3-5-14(24)10-13/h12-14,24H,2-11H2,1H3,(H2,20,25)(H,21,22,23)/t13-,14+/m1/s1. The highest BCUT2D eigenvalue weighted by Crippen LogP contribution is 2.28. The predicted molar refractivity (Wildman–Crippen MR) is 98.9 cm³/mol. The molecule has 2 atom stereocenters. The van der Waals surface area contributed by atoms with E-state index in [1.165, 1.54) is 6.20 Å². The lowest BCUT2D eigenvalue weighted by Crippen LogP contribution is -2.41. The molecule has 1 aliphatic carbocycles. The molecule has 1 amide bonds. The van der Waals surface area contributed by atoms with Crippen LogP contribution in [0.3, 0.4) is 0 Å². The minimum atomic E-state index is -0.502. The van der Waals surface area contributed by atoms with Gasteiger partial charge in [-0.15, -0.1) is 0 Å². The van der Waals surface area contributed by atoms with E-state index in [9.17, 15) is 9.90 Å². The van der Waals surface area contributed by atoms with Gasteiger partial charge >= 0.3 is 0 Å². The van der Waals surface area contributed by atoms with Crippen LogP contribution in [0.4, 0.5) is 5.95 Å². The Morgan fingerprint density at radius 3 is 2.85 bits per heavy atom. The molecular formula is C19H30N4O3. The summed E-state index contributed by atoms with van der Waals surface area (Å²) in [7, 11) is 0. The first-order chi connectivity index (χ1) is 12.5. The lowest BCUT2D eigenvalue weighted by molar-refractivity contribution is 0.0656. The summed E-state index contributed by atoms with van der Waals surface area (Å²) in [5.41, 5.74) is 6.49. The van der Waals surface area contributed by atoms with Crippen molar-refractivity contribution in [3.05, 3.63) is 17.5 Å². The Morgan fingerprint density at radius 2 is 2.12 bits per heavy atom. The maximum atomic E-state index is 11.8. The van der Waals surface area contributed by atoms with Gasteiger partial charge in [0, 0.05) is 24.9 Å². The topological polar surface area (TPSA) is 110 Å². The van der Waals surface area contributed by atoms with Crippen molar-refractivity contribution in [2.24, 2.45) is 11.7 Å². The lowest BCUT2D eigenvalue weighted by Gasteiger charge is -2.34. The lowest BCUT2D eigenvalue weighted by atomic mass is 9.92. The zero-order valence-corrected chi connectivity index (χ0v) is 15.5. The Morgan fingerprint density at radius 1 is 1.38 bits per heavy atom. The van der Waals surface area contributed by atoms with Crippen LogP contribution in [-0.4, -0.2) is 45.8 Å². The average Bonchev–Trinajstić information content (AvgIpc) is 2.79. The molecule has 0 spiro atoms. The molecule has 3 rings (SSSR count). The van der Waals surface area contributed by atoms with Crippen LogP contribution in [0.15, 0.2) is 6.20 Å². The summed E-state index contributed by atoms with van der Waals surface area (Å²) < 4.78 is 5.43. The zero-order chi connectivity index (χ0) is 18.6. The van der Waals surface area contributed by atoms with Gasteiger partial charge in [0.2, 0.25) is 5.95 Å². The number of nitrogens with one attached hydrogen (secondary N) is 1. The van der Waals surface area contributed by atoms with Gasteiger partial charge in [-0.1, -0.05) is 12.8 Å². The maximum absolute atomic E-state index is 11.8. The van der Waals surface area contributed by atoms with Crippen LogP contribution >= 0.6 is 0 Å². The van der Waals surface area contributed by atoms with Gasteiger partial charge < -0.3 is 20.9 Å². The van der Waals surface area contributed by atoms with Gasteiger partial charge in [0.05, 0.1) is 17.4 Å². The number of primary amides is 1. The molecule has 1 aromatic rings. The van der Waals surface area contributed by atoms with Crippen LogP contribution < -0.4 is 11.1 Å². The van der Waals surface area contributed by atoms with Crippen molar-refractivity contribution in [3.8, 4) is 0 Å². The second-order valence-corrected chi connectivity index (χ2v) is 7.96. The van der Waals surface area contributed by atoms with Gasteiger partial charge in [-0.05, 0) is 51.4 Å². The highest BCUT2D eigenvalue weighted by Gasteiger charge is 2.29. The van der Waals surface area contributed by atoms with Crippen LogP contribution in [-0.2, 0) is 11.2 Å². The Kier molecular flexibility index (Phi) is 6.09. The molecule has 0 bridgehead atoms. The number of aromatic nitrogens is 2.